The summed E-state index contributed by atoms with van der Waals surface area (Å²) in [5, 5.41) is 19.8. The van der Waals surface area contributed by atoms with Crippen LogP contribution in [0.2, 0.25) is 5.02 Å². The zero-order valence-electron chi connectivity index (χ0n) is 22.7. The van der Waals surface area contributed by atoms with Crippen molar-refractivity contribution in [2.24, 2.45) is 0 Å². The number of hydrogen-bond acceptors (Lipinski definition) is 8. The summed E-state index contributed by atoms with van der Waals surface area (Å²) in [5.74, 6) is -3.13. The number of benzene rings is 1. The van der Waals surface area contributed by atoms with Crippen molar-refractivity contribution in [1.82, 2.24) is 19.7 Å². The number of pyridine rings is 1. The van der Waals surface area contributed by atoms with E-state index in [9.17, 15) is 27.2 Å². The fourth-order valence-corrected chi connectivity index (χ4v) is 4.56. The molecular weight excluding hydrogens is 583 g/mol. The van der Waals surface area contributed by atoms with Gasteiger partial charge in [-0.05, 0) is 52.0 Å². The molecular formula is C26H28ClFN4O8S. The molecule has 0 fully saturated rings. The van der Waals surface area contributed by atoms with Crippen LogP contribution in [0.3, 0.4) is 0 Å². The van der Waals surface area contributed by atoms with Crippen molar-refractivity contribution in [3.63, 3.8) is 0 Å². The Kier molecular flexibility index (Phi) is 10.7. The molecule has 3 rings (SSSR count). The van der Waals surface area contributed by atoms with Gasteiger partial charge in [-0.2, -0.15) is 5.10 Å². The maximum absolute atomic E-state index is 14.0. The van der Waals surface area contributed by atoms with Crippen molar-refractivity contribution < 1.29 is 42.1 Å². The molecule has 0 aliphatic carbocycles. The Labute approximate surface area is 240 Å². The monoisotopic (exact) mass is 610 g/mol. The Hall–Kier alpha value is -4.30. The molecule has 41 heavy (non-hydrogen) atoms. The molecule has 0 radical (unpaired) electrons. The van der Waals surface area contributed by atoms with Gasteiger partial charge in [-0.25, -0.2) is 31.9 Å². The maximum Gasteiger partial charge on any atom is 0.410 e. The molecule has 0 unspecified atom stereocenters. The molecule has 0 bridgehead atoms. The van der Waals surface area contributed by atoms with E-state index in [1.54, 1.807) is 33.8 Å². The number of aromatic nitrogens is 3. The fraction of sp³-hybridized carbons (Fsp3) is 0.269. The van der Waals surface area contributed by atoms with E-state index < -0.39 is 39.3 Å². The molecule has 0 saturated heterocycles. The van der Waals surface area contributed by atoms with E-state index in [4.69, 9.17) is 26.6 Å². The number of amides is 1. The Morgan fingerprint density at radius 3 is 2.22 bits per heavy atom. The first-order chi connectivity index (χ1) is 18.9. The van der Waals surface area contributed by atoms with Crippen LogP contribution in [0, 0.1) is 12.7 Å². The maximum atomic E-state index is 14.0. The smallest absolute Gasteiger partial charge is 0.410 e. The van der Waals surface area contributed by atoms with E-state index in [0.717, 1.165) is 16.8 Å². The summed E-state index contributed by atoms with van der Waals surface area (Å²) in [6, 6.07) is 7.86. The van der Waals surface area contributed by atoms with Gasteiger partial charge in [0, 0.05) is 43.2 Å². The molecule has 3 aromatic rings. The molecule has 2 aromatic heterocycles. The highest BCUT2D eigenvalue weighted by Gasteiger charge is 2.28. The van der Waals surface area contributed by atoms with Crippen LogP contribution < -0.4 is 0 Å². The summed E-state index contributed by atoms with van der Waals surface area (Å²) in [6.45, 7) is 6.89. The Bertz CT molecular complexity index is 1550. The second kappa shape index (κ2) is 13.4. The molecule has 0 aliphatic heterocycles. The third-order valence-electron chi connectivity index (χ3n) is 4.81. The number of aliphatic carboxylic acids is 2. The summed E-state index contributed by atoms with van der Waals surface area (Å²) in [4.78, 5) is 36.7. The molecule has 0 spiro atoms. The van der Waals surface area contributed by atoms with Crippen LogP contribution in [0.4, 0.5) is 9.18 Å². The predicted octanol–water partition coefficient (Wildman–Crippen LogP) is 4.28. The largest absolute Gasteiger partial charge is 0.478 e. The van der Waals surface area contributed by atoms with E-state index in [1.165, 1.54) is 36.3 Å². The minimum atomic E-state index is -4.11. The van der Waals surface area contributed by atoms with Gasteiger partial charge in [-0.15, -0.1) is 0 Å². The van der Waals surface area contributed by atoms with Crippen LogP contribution in [0.15, 0.2) is 64.7 Å². The minimum Gasteiger partial charge on any atom is -0.478 e. The zero-order chi connectivity index (χ0) is 31.1. The van der Waals surface area contributed by atoms with Gasteiger partial charge in [0.25, 0.3) is 0 Å². The lowest BCUT2D eigenvalue weighted by Gasteiger charge is -2.24. The average Bonchev–Trinajstić information content (AvgIpc) is 3.28. The summed E-state index contributed by atoms with van der Waals surface area (Å²) in [5.41, 5.74) is 0.228. The van der Waals surface area contributed by atoms with E-state index in [0.29, 0.717) is 17.8 Å². The SMILES string of the molecule is Cc1ccc(S(=O)(=O)c2cc(CN(C)C(=O)OC(C)(C)C)nn2-c2cc(F)ccc2Cl)cn1.O=C(O)/C=C/C(=O)O. The van der Waals surface area contributed by atoms with Crippen molar-refractivity contribution in [2.75, 3.05) is 7.05 Å². The van der Waals surface area contributed by atoms with Gasteiger partial charge in [0.15, 0.2) is 5.03 Å². The first kappa shape index (κ1) is 32.9. The van der Waals surface area contributed by atoms with Crippen LogP contribution in [0.5, 0.6) is 0 Å². The van der Waals surface area contributed by atoms with Crippen molar-refractivity contribution in [3.05, 3.63) is 77.0 Å². The third-order valence-corrected chi connectivity index (χ3v) is 6.83. The van der Waals surface area contributed by atoms with Crippen LogP contribution >= 0.6 is 11.6 Å². The van der Waals surface area contributed by atoms with Crippen LogP contribution in [0.25, 0.3) is 5.69 Å². The minimum absolute atomic E-state index is 0.0430. The van der Waals surface area contributed by atoms with E-state index in [-0.39, 0.29) is 32.9 Å². The van der Waals surface area contributed by atoms with E-state index >= 15 is 0 Å². The molecule has 2 heterocycles. The summed E-state index contributed by atoms with van der Waals surface area (Å²) < 4.78 is 47.2. The predicted molar refractivity (Wildman–Crippen MR) is 145 cm³/mol. The fourth-order valence-electron chi connectivity index (χ4n) is 3.02. The number of halogens is 2. The lowest BCUT2D eigenvalue weighted by atomic mass is 10.2. The van der Waals surface area contributed by atoms with E-state index in [2.05, 4.69) is 10.1 Å². The van der Waals surface area contributed by atoms with Crippen LogP contribution in [-0.4, -0.2) is 69.0 Å². The topological polar surface area (TPSA) is 169 Å². The first-order valence-electron chi connectivity index (χ1n) is 11.7. The number of nitrogens with zero attached hydrogens (tertiary/aromatic N) is 4. The summed E-state index contributed by atoms with van der Waals surface area (Å²) in [7, 11) is -2.61. The molecule has 2 N–H and O–H groups in total. The highest BCUT2D eigenvalue weighted by Crippen LogP contribution is 2.29. The standard InChI is InChI=1S/C22H24ClFN4O4S.C4H4O4/c1-14-6-8-17(12-25-14)33(30,31)20-11-16(13-27(5)21(29)32-22(2,3)4)26-28(20)19-10-15(24)7-9-18(19)23;5-3(6)1-2-4(7)8/h6-12H,13H2,1-5H3;1-2H,(H,5,6)(H,7,8)/b;2-1+. The first-order valence-corrected chi connectivity index (χ1v) is 13.6. The van der Waals surface area contributed by atoms with Crippen molar-refractivity contribution in [3.8, 4) is 5.69 Å². The molecule has 0 atom stereocenters. The van der Waals surface area contributed by atoms with Crippen molar-refractivity contribution in [2.45, 2.75) is 49.8 Å². The average molecular weight is 611 g/mol. The van der Waals surface area contributed by atoms with Crippen molar-refractivity contribution >= 4 is 39.5 Å². The van der Waals surface area contributed by atoms with Gasteiger partial charge < -0.3 is 19.8 Å². The van der Waals surface area contributed by atoms with Gasteiger partial charge in [0.05, 0.1) is 27.8 Å². The highest BCUT2D eigenvalue weighted by molar-refractivity contribution is 7.91. The zero-order valence-corrected chi connectivity index (χ0v) is 24.3. The second-order valence-corrected chi connectivity index (χ2v) is 11.8. The number of ether oxygens (including phenoxy) is 1. The number of sulfone groups is 1. The number of carbonyl (C=O) groups is 3. The lowest BCUT2D eigenvalue weighted by Crippen LogP contribution is -2.33. The highest BCUT2D eigenvalue weighted by atomic mass is 35.5. The molecule has 220 valence electrons. The number of aryl methyl sites for hydroxylation is 1. The van der Waals surface area contributed by atoms with Crippen LogP contribution in [-0.2, 0) is 30.7 Å². The normalized spacial score (nSPS) is 11.5. The number of carbonyl (C=O) groups excluding carboxylic acids is 1. The van der Waals surface area contributed by atoms with Gasteiger partial charge in [-0.3, -0.25) is 4.98 Å². The molecule has 0 aliphatic rings. The summed E-state index contributed by atoms with van der Waals surface area (Å²) in [6.07, 6.45) is 1.75. The molecule has 1 amide bonds. The quantitative estimate of drug-likeness (QED) is 0.368. The molecule has 15 heteroatoms. The molecule has 0 saturated carbocycles. The van der Waals surface area contributed by atoms with Gasteiger partial charge in [-0.1, -0.05) is 11.6 Å². The van der Waals surface area contributed by atoms with Crippen molar-refractivity contribution in [1.29, 1.82) is 0 Å². The molecule has 12 nitrogen and oxygen atoms in total. The van der Waals surface area contributed by atoms with E-state index in [1.807, 2.05) is 0 Å². The van der Waals surface area contributed by atoms with Gasteiger partial charge in [0.2, 0.25) is 9.84 Å². The number of carboxylic acids is 2. The second-order valence-electron chi connectivity index (χ2n) is 9.47. The number of carboxylic acid groups (broad SMARTS) is 2. The number of hydrogen-bond donors (Lipinski definition) is 2. The van der Waals surface area contributed by atoms with Crippen LogP contribution in [0.1, 0.15) is 32.2 Å². The van der Waals surface area contributed by atoms with Gasteiger partial charge in [0.1, 0.15) is 11.4 Å². The Morgan fingerprint density at radius 2 is 1.71 bits per heavy atom. The van der Waals surface area contributed by atoms with Gasteiger partial charge >= 0.3 is 18.0 Å². The third kappa shape index (κ3) is 9.69. The Morgan fingerprint density at radius 1 is 1.10 bits per heavy atom. The Balaban J connectivity index is 0.000000642. The lowest BCUT2D eigenvalue weighted by molar-refractivity contribution is -0.134. The molecule has 1 aromatic carbocycles. The summed E-state index contributed by atoms with van der Waals surface area (Å²) >= 11 is 6.24. The number of rotatable bonds is 7.